The van der Waals surface area contributed by atoms with Gasteiger partial charge in [-0.2, -0.15) is 39.5 Å². The van der Waals surface area contributed by atoms with Gasteiger partial charge in [-0.25, -0.2) is 14.6 Å². The predicted molar refractivity (Wildman–Crippen MR) is 121 cm³/mol. The molecule has 0 fully saturated rings. The van der Waals surface area contributed by atoms with Crippen molar-refractivity contribution >= 4 is 52.6 Å². The van der Waals surface area contributed by atoms with Gasteiger partial charge in [0, 0.05) is 5.56 Å². The molecule has 5 nitrogen and oxygen atoms in total. The van der Waals surface area contributed by atoms with Crippen molar-refractivity contribution in [1.29, 1.82) is 0 Å². The van der Waals surface area contributed by atoms with Crippen LogP contribution in [0.4, 0.5) is 48.7 Å². The minimum absolute atomic E-state index is 0.0275. The highest BCUT2D eigenvalue weighted by Gasteiger charge is 2.41. The monoisotopic (exact) mass is 633 g/mol. The molecule has 1 atom stereocenters. The van der Waals surface area contributed by atoms with Gasteiger partial charge in [-0.05, 0) is 35.9 Å². The van der Waals surface area contributed by atoms with E-state index in [1.807, 2.05) is 0 Å². The van der Waals surface area contributed by atoms with Crippen LogP contribution in [0.25, 0.3) is 5.83 Å². The third-order valence-corrected chi connectivity index (χ3v) is 5.81. The number of halogens is 13. The molecule has 214 valence electrons. The first kappa shape index (κ1) is 32.3. The topological polar surface area (TPSA) is 70.2 Å². The summed E-state index contributed by atoms with van der Waals surface area (Å²) in [5.74, 6) is -6.19. The second-order valence-electron chi connectivity index (χ2n) is 7.47. The lowest BCUT2D eigenvalue weighted by Gasteiger charge is -2.19. The lowest BCUT2D eigenvalue weighted by molar-refractivity contribution is -0.140. The Hall–Kier alpha value is -2.91. The molecule has 3 amide bonds. The van der Waals surface area contributed by atoms with E-state index in [0.717, 1.165) is 12.1 Å². The maximum absolute atomic E-state index is 14.9. The number of alkyl halides is 9. The number of amides is 3. The zero-order chi connectivity index (χ0) is 29.9. The van der Waals surface area contributed by atoms with Crippen LogP contribution in [0.2, 0.25) is 15.1 Å². The van der Waals surface area contributed by atoms with Crippen LogP contribution in [0.1, 0.15) is 33.0 Å². The fraction of sp³-hybridized carbons (Fsp3) is 0.238. The van der Waals surface area contributed by atoms with Gasteiger partial charge < -0.3 is 5.32 Å². The molecule has 0 aromatic heterocycles. The molecule has 1 unspecified atom stereocenters. The summed E-state index contributed by atoms with van der Waals surface area (Å²) in [4.78, 5) is 23.4. The molecule has 39 heavy (non-hydrogen) atoms. The average Bonchev–Trinajstić information content (AvgIpc) is 2.80. The van der Waals surface area contributed by atoms with Gasteiger partial charge in [0.15, 0.2) is 0 Å². The molecule has 2 aromatic carbocycles. The van der Waals surface area contributed by atoms with Crippen LogP contribution in [0.5, 0.6) is 0 Å². The molecule has 0 radical (unpaired) electrons. The summed E-state index contributed by atoms with van der Waals surface area (Å²) < 4.78 is 133. The Morgan fingerprint density at radius 1 is 0.872 bits per heavy atom. The molecular weight excluding hydrogens is 623 g/mol. The van der Waals surface area contributed by atoms with Crippen LogP contribution >= 0.6 is 34.8 Å². The highest BCUT2D eigenvalue weighted by atomic mass is 35.5. The number of carbonyl (C=O) groups excluding carboxylic acids is 2. The Balaban J connectivity index is 2.41. The molecular formula is C21H12Cl3F10N3O2. The van der Waals surface area contributed by atoms with E-state index in [9.17, 15) is 53.5 Å². The number of allylic oxidation sites excluding steroid dienone is 1. The molecule has 0 aliphatic rings. The molecule has 2 rings (SSSR count). The van der Waals surface area contributed by atoms with Gasteiger partial charge >= 0.3 is 24.6 Å². The third kappa shape index (κ3) is 9.07. The number of benzene rings is 2. The van der Waals surface area contributed by atoms with Crippen molar-refractivity contribution < 1.29 is 53.5 Å². The van der Waals surface area contributed by atoms with E-state index in [2.05, 4.69) is 0 Å². The normalized spacial score (nSPS) is 13.6. The summed E-state index contributed by atoms with van der Waals surface area (Å²) in [7, 11) is 0. The van der Waals surface area contributed by atoms with Crippen molar-refractivity contribution in [2.75, 3.05) is 6.54 Å². The first-order valence-electron chi connectivity index (χ1n) is 9.91. The predicted octanol–water partition coefficient (Wildman–Crippen LogP) is 7.83. The first-order valence-corrected chi connectivity index (χ1v) is 11.0. The number of nitrogens with one attached hydrogen (secondary N) is 3. The third-order valence-electron chi connectivity index (χ3n) is 4.62. The van der Waals surface area contributed by atoms with Gasteiger partial charge in [-0.1, -0.05) is 40.9 Å². The molecule has 0 heterocycles. The van der Waals surface area contributed by atoms with E-state index in [-0.39, 0.29) is 17.2 Å². The van der Waals surface area contributed by atoms with Crippen LogP contribution in [0.15, 0.2) is 36.4 Å². The molecule has 0 bridgehead atoms. The van der Waals surface area contributed by atoms with Gasteiger partial charge in [0.05, 0.1) is 26.2 Å². The van der Waals surface area contributed by atoms with E-state index in [1.165, 1.54) is 16.2 Å². The Morgan fingerprint density at radius 2 is 1.44 bits per heavy atom. The van der Waals surface area contributed by atoms with Gasteiger partial charge in [0.2, 0.25) is 0 Å². The summed E-state index contributed by atoms with van der Waals surface area (Å²) in [5.41, 5.74) is -1.96. The number of urea groups is 1. The Morgan fingerprint density at radius 3 is 1.92 bits per heavy atom. The number of hydrazine groups is 1. The summed E-state index contributed by atoms with van der Waals surface area (Å²) in [6, 6.07) is 0.804. The quantitative estimate of drug-likeness (QED) is 0.178. The number of carbonyl (C=O) groups is 2. The summed E-state index contributed by atoms with van der Waals surface area (Å²) in [6.07, 6.45) is -15.4. The Labute approximate surface area is 227 Å². The van der Waals surface area contributed by atoms with Crippen LogP contribution < -0.4 is 16.2 Å². The standard InChI is InChI=1S/C21H12Cl3F10N3O2/c22-13-4-9(5-14(23)16(13)24)11(20(29,30)31)6-15(25)8-1-2-10(12(3-8)21(32,33)34)17(38)36-37-18(39)35-7-19(26,27)28/h1-6,11H,7H2,(H,36,38)(H2,35,37,39). The largest absolute Gasteiger partial charge is 0.417 e. The lowest BCUT2D eigenvalue weighted by atomic mass is 9.95. The number of hydrogen-bond donors (Lipinski definition) is 3. The van der Waals surface area contributed by atoms with Gasteiger partial charge in [-0.3, -0.25) is 10.2 Å². The second kappa shape index (κ2) is 12.1. The summed E-state index contributed by atoms with van der Waals surface area (Å²) in [5, 5.41) is 0.169. The van der Waals surface area contributed by atoms with E-state index < -0.39 is 81.1 Å². The molecule has 2 aromatic rings. The number of hydrogen-bond acceptors (Lipinski definition) is 2. The second-order valence-corrected chi connectivity index (χ2v) is 8.66. The highest BCUT2D eigenvalue weighted by molar-refractivity contribution is 6.48. The van der Waals surface area contributed by atoms with E-state index in [1.54, 1.807) is 0 Å². The fourth-order valence-electron chi connectivity index (χ4n) is 2.91. The maximum Gasteiger partial charge on any atom is 0.417 e. The van der Waals surface area contributed by atoms with E-state index >= 15 is 0 Å². The van der Waals surface area contributed by atoms with Crippen molar-refractivity contribution in [1.82, 2.24) is 16.2 Å². The minimum Gasteiger partial charge on any atom is -0.328 e. The van der Waals surface area contributed by atoms with E-state index in [0.29, 0.717) is 12.1 Å². The van der Waals surface area contributed by atoms with Crippen LogP contribution in [-0.2, 0) is 6.18 Å². The molecule has 0 saturated carbocycles. The zero-order valence-corrected chi connectivity index (χ0v) is 20.7. The van der Waals surface area contributed by atoms with Crippen molar-refractivity contribution in [3.63, 3.8) is 0 Å². The van der Waals surface area contributed by atoms with Gasteiger partial charge in [0.25, 0.3) is 5.91 Å². The minimum atomic E-state index is -5.36. The van der Waals surface area contributed by atoms with Crippen LogP contribution in [0, 0.1) is 0 Å². The molecule has 0 aliphatic carbocycles. The smallest absolute Gasteiger partial charge is 0.328 e. The molecule has 0 aliphatic heterocycles. The van der Waals surface area contributed by atoms with Crippen molar-refractivity contribution in [3.05, 3.63) is 73.7 Å². The van der Waals surface area contributed by atoms with Crippen LogP contribution in [0.3, 0.4) is 0 Å². The lowest BCUT2D eigenvalue weighted by Crippen LogP contribution is -2.49. The highest BCUT2D eigenvalue weighted by Crippen LogP contribution is 2.42. The first-order chi connectivity index (χ1) is 17.7. The Kier molecular flexibility index (Phi) is 10.0. The molecule has 3 N–H and O–H groups in total. The Bertz CT molecular complexity index is 1250. The average molecular weight is 635 g/mol. The number of rotatable bonds is 5. The van der Waals surface area contributed by atoms with Gasteiger partial charge in [-0.15, -0.1) is 0 Å². The molecule has 18 heteroatoms. The summed E-state index contributed by atoms with van der Waals surface area (Å²) in [6.45, 7) is -1.82. The van der Waals surface area contributed by atoms with Crippen molar-refractivity contribution in [3.8, 4) is 0 Å². The zero-order valence-electron chi connectivity index (χ0n) is 18.5. The SMILES string of the molecule is O=C(NCC(F)(F)F)NNC(=O)c1ccc(C(F)=CC(c2cc(Cl)c(Cl)c(Cl)c2)C(F)(F)F)cc1C(F)(F)F. The van der Waals surface area contributed by atoms with Crippen molar-refractivity contribution in [2.45, 2.75) is 24.4 Å². The summed E-state index contributed by atoms with van der Waals surface area (Å²) >= 11 is 17.2. The van der Waals surface area contributed by atoms with E-state index in [4.69, 9.17) is 34.8 Å². The van der Waals surface area contributed by atoms with Gasteiger partial charge in [0.1, 0.15) is 18.3 Å². The molecule has 0 saturated heterocycles. The van der Waals surface area contributed by atoms with Crippen molar-refractivity contribution in [2.24, 2.45) is 0 Å². The van der Waals surface area contributed by atoms with Crippen LogP contribution in [-0.4, -0.2) is 30.8 Å². The molecule has 0 spiro atoms. The fourth-order valence-corrected chi connectivity index (χ4v) is 3.52. The maximum atomic E-state index is 14.9.